The zero-order valence-corrected chi connectivity index (χ0v) is 14.2. The lowest BCUT2D eigenvalue weighted by Crippen LogP contribution is -2.60. The minimum absolute atomic E-state index is 0. The fourth-order valence-electron chi connectivity index (χ4n) is 3.97. The predicted octanol–water partition coefficient (Wildman–Crippen LogP) is 3.47. The summed E-state index contributed by atoms with van der Waals surface area (Å²) in [5.41, 5.74) is 1.86. The third kappa shape index (κ3) is 3.00. The molecule has 0 spiro atoms. The Bertz CT molecular complexity index is 681. The van der Waals surface area contributed by atoms with Gasteiger partial charge in [-0.15, -0.1) is 11.3 Å². The molecule has 5 nitrogen and oxygen atoms in total. The number of nitrogens with zero attached hydrogens (tertiary/aromatic N) is 3. The van der Waals surface area contributed by atoms with Crippen LogP contribution in [0.3, 0.4) is 0 Å². The lowest BCUT2D eigenvalue weighted by Gasteiger charge is -2.48. The van der Waals surface area contributed by atoms with Gasteiger partial charge in [0.2, 0.25) is 0 Å². The first-order chi connectivity index (χ1) is 11.2. The lowest BCUT2D eigenvalue weighted by atomic mass is 9.86. The van der Waals surface area contributed by atoms with Crippen LogP contribution in [0.4, 0.5) is 0 Å². The number of amides is 1. The molecule has 4 rings (SSSR count). The van der Waals surface area contributed by atoms with E-state index in [1.54, 1.807) is 17.5 Å². The monoisotopic (exact) mass is 346 g/mol. The largest absolute Gasteiger partial charge is 0.333 e. The number of carbonyl (C=O) groups is 1. The molecule has 2 aliphatic rings. The van der Waals surface area contributed by atoms with Crippen LogP contribution in [0.1, 0.15) is 43.5 Å². The van der Waals surface area contributed by atoms with Crippen LogP contribution in [0.2, 0.25) is 0 Å². The number of H-pyrrole nitrogens is 1. The summed E-state index contributed by atoms with van der Waals surface area (Å²) in [6, 6.07) is 2.93. The predicted molar refractivity (Wildman–Crippen MR) is 98.3 cm³/mol. The number of hydrogen-bond acceptors (Lipinski definition) is 4. The van der Waals surface area contributed by atoms with Crippen molar-refractivity contribution in [2.75, 3.05) is 20.1 Å². The van der Waals surface area contributed by atoms with E-state index in [2.05, 4.69) is 27.0 Å². The second-order valence-electron chi connectivity index (χ2n) is 6.58. The first-order valence-corrected chi connectivity index (χ1v) is 9.21. The zero-order chi connectivity index (χ0) is 15.8. The number of rotatable bonds is 2. The number of aromatic amines is 1. The Morgan fingerprint density at radius 2 is 2.08 bits per heavy atom. The number of hydrogen-bond donors (Lipinski definition) is 1. The Kier molecular flexibility index (Phi) is 5.06. The van der Waals surface area contributed by atoms with Gasteiger partial charge in [0, 0.05) is 47.2 Å². The molecule has 1 N–H and O–H groups in total. The van der Waals surface area contributed by atoms with Crippen molar-refractivity contribution in [1.29, 1.82) is 0 Å². The molecule has 6 heteroatoms. The summed E-state index contributed by atoms with van der Waals surface area (Å²) in [7, 11) is 2.20. The summed E-state index contributed by atoms with van der Waals surface area (Å²) in [6.07, 6.45) is 8.55. The van der Waals surface area contributed by atoms with Gasteiger partial charge in [-0.05, 0) is 26.0 Å². The van der Waals surface area contributed by atoms with Crippen LogP contribution in [0.25, 0.3) is 10.4 Å². The summed E-state index contributed by atoms with van der Waals surface area (Å²) >= 11 is 1.61. The molecule has 3 heterocycles. The Morgan fingerprint density at radius 1 is 1.29 bits per heavy atom. The highest BCUT2D eigenvalue weighted by atomic mass is 32.1. The molecule has 24 heavy (non-hydrogen) atoms. The molecule has 0 bridgehead atoms. The van der Waals surface area contributed by atoms with E-state index in [9.17, 15) is 4.79 Å². The molecule has 0 aromatic carbocycles. The van der Waals surface area contributed by atoms with Crippen LogP contribution in [0, 0.1) is 0 Å². The van der Waals surface area contributed by atoms with Crippen molar-refractivity contribution in [3.63, 3.8) is 0 Å². The van der Waals surface area contributed by atoms with Crippen molar-refractivity contribution < 1.29 is 4.79 Å². The number of fused-ring (bicyclic) bond motifs is 1. The quantitative estimate of drug-likeness (QED) is 0.906. The van der Waals surface area contributed by atoms with Gasteiger partial charge in [-0.1, -0.05) is 20.3 Å². The van der Waals surface area contributed by atoms with Crippen molar-refractivity contribution in [2.45, 2.75) is 45.2 Å². The number of aromatic nitrogens is 2. The molecule has 2 fully saturated rings. The zero-order valence-electron chi connectivity index (χ0n) is 13.4. The van der Waals surface area contributed by atoms with E-state index in [0.717, 1.165) is 35.5 Å². The Balaban J connectivity index is 0.00000169. The molecule has 1 saturated carbocycles. The summed E-state index contributed by atoms with van der Waals surface area (Å²) in [6.45, 7) is 1.82. The molecule has 1 aliphatic carbocycles. The SMILES string of the molecule is C.CN1CCN(C(=O)c2csc(-c3cn[nH]c3)c2)C2CCCCC21. The molecule has 2 aromatic rings. The molecule has 1 aliphatic heterocycles. The molecule has 130 valence electrons. The summed E-state index contributed by atoms with van der Waals surface area (Å²) in [4.78, 5) is 18.7. The average molecular weight is 347 g/mol. The number of carbonyl (C=O) groups excluding carboxylic acids is 1. The van der Waals surface area contributed by atoms with E-state index in [0.29, 0.717) is 12.1 Å². The minimum Gasteiger partial charge on any atom is -0.333 e. The maximum atomic E-state index is 13.0. The van der Waals surface area contributed by atoms with E-state index < -0.39 is 0 Å². The van der Waals surface area contributed by atoms with Gasteiger partial charge in [0.15, 0.2) is 0 Å². The average Bonchev–Trinajstić information content (AvgIpc) is 3.26. The van der Waals surface area contributed by atoms with Crippen molar-refractivity contribution >= 4 is 17.2 Å². The van der Waals surface area contributed by atoms with Crippen LogP contribution in [-0.4, -0.2) is 58.1 Å². The van der Waals surface area contributed by atoms with Crippen LogP contribution in [0.5, 0.6) is 0 Å². The van der Waals surface area contributed by atoms with Gasteiger partial charge >= 0.3 is 0 Å². The Morgan fingerprint density at radius 3 is 2.83 bits per heavy atom. The van der Waals surface area contributed by atoms with E-state index in [4.69, 9.17) is 0 Å². The fraction of sp³-hybridized carbons (Fsp3) is 0.556. The summed E-state index contributed by atoms with van der Waals surface area (Å²) < 4.78 is 0. The van der Waals surface area contributed by atoms with E-state index in [1.165, 1.54) is 19.3 Å². The van der Waals surface area contributed by atoms with Crippen molar-refractivity contribution in [3.8, 4) is 10.4 Å². The van der Waals surface area contributed by atoms with Gasteiger partial charge < -0.3 is 4.90 Å². The van der Waals surface area contributed by atoms with E-state index in [1.807, 2.05) is 17.6 Å². The first-order valence-electron chi connectivity index (χ1n) is 8.33. The third-order valence-corrected chi connectivity index (χ3v) is 6.22. The standard InChI is InChI=1S/C17H22N4OS.CH4/c1-20-6-7-21(15-5-3-2-4-14(15)20)17(22)12-8-16(23-11-12)13-9-18-19-10-13;/h8-11,14-15H,2-7H2,1H3,(H,18,19);1H4. The maximum Gasteiger partial charge on any atom is 0.255 e. The highest BCUT2D eigenvalue weighted by Crippen LogP contribution is 2.32. The van der Waals surface area contributed by atoms with Crippen LogP contribution >= 0.6 is 11.3 Å². The Hall–Kier alpha value is -1.66. The van der Waals surface area contributed by atoms with E-state index >= 15 is 0 Å². The summed E-state index contributed by atoms with van der Waals surface area (Å²) in [5, 5.41) is 8.80. The minimum atomic E-state index is 0. The van der Waals surface area contributed by atoms with Crippen molar-refractivity contribution in [2.24, 2.45) is 0 Å². The second kappa shape index (κ2) is 7.07. The number of nitrogens with one attached hydrogen (secondary N) is 1. The van der Waals surface area contributed by atoms with Gasteiger partial charge in [-0.3, -0.25) is 14.8 Å². The molecule has 1 saturated heterocycles. The van der Waals surface area contributed by atoms with Gasteiger partial charge in [-0.25, -0.2) is 0 Å². The van der Waals surface area contributed by atoms with Crippen molar-refractivity contribution in [1.82, 2.24) is 20.0 Å². The maximum absolute atomic E-state index is 13.0. The molecule has 2 aromatic heterocycles. The molecule has 0 radical (unpaired) electrons. The lowest BCUT2D eigenvalue weighted by molar-refractivity contribution is 0.0117. The molecular weight excluding hydrogens is 320 g/mol. The first kappa shape index (κ1) is 17.2. The van der Waals surface area contributed by atoms with Gasteiger partial charge in [-0.2, -0.15) is 5.10 Å². The number of likely N-dealkylation sites (N-methyl/N-ethyl adjacent to an activating group) is 1. The topological polar surface area (TPSA) is 52.2 Å². The van der Waals surface area contributed by atoms with Gasteiger partial charge in [0.05, 0.1) is 11.8 Å². The molecule has 2 unspecified atom stereocenters. The molecule has 1 amide bonds. The van der Waals surface area contributed by atoms with Crippen molar-refractivity contribution in [3.05, 3.63) is 29.4 Å². The highest BCUT2D eigenvalue weighted by Gasteiger charge is 2.38. The Labute approximate surface area is 147 Å². The number of piperazine rings is 1. The molecular formula is C18H26N4OS. The molecule has 2 atom stereocenters. The van der Waals surface area contributed by atoms with Crippen LogP contribution in [-0.2, 0) is 0 Å². The number of thiophene rings is 1. The third-order valence-electron chi connectivity index (χ3n) is 5.24. The van der Waals surface area contributed by atoms with Crippen LogP contribution in [0.15, 0.2) is 23.8 Å². The summed E-state index contributed by atoms with van der Waals surface area (Å²) in [5.74, 6) is 0.195. The van der Waals surface area contributed by atoms with Crippen LogP contribution < -0.4 is 0 Å². The highest BCUT2D eigenvalue weighted by molar-refractivity contribution is 7.13. The van der Waals surface area contributed by atoms with E-state index in [-0.39, 0.29) is 13.3 Å². The van der Waals surface area contributed by atoms with Gasteiger partial charge in [0.25, 0.3) is 5.91 Å². The normalized spacial score (nSPS) is 24.3. The second-order valence-corrected chi connectivity index (χ2v) is 7.50. The van der Waals surface area contributed by atoms with Gasteiger partial charge in [0.1, 0.15) is 0 Å². The smallest absolute Gasteiger partial charge is 0.255 e. The fourth-order valence-corrected chi connectivity index (χ4v) is 4.84.